The van der Waals surface area contributed by atoms with Crippen molar-refractivity contribution in [3.63, 3.8) is 0 Å². The van der Waals surface area contributed by atoms with E-state index in [1.165, 1.54) is 0 Å². The van der Waals surface area contributed by atoms with Gasteiger partial charge in [-0.2, -0.15) is 0 Å². The Morgan fingerprint density at radius 3 is 2.73 bits per heavy atom. The van der Waals surface area contributed by atoms with Crippen LogP contribution < -0.4 is 4.72 Å². The van der Waals surface area contributed by atoms with Crippen LogP contribution in [0.15, 0.2) is 18.3 Å². The zero-order valence-electron chi connectivity index (χ0n) is 14.0. The van der Waals surface area contributed by atoms with Gasteiger partial charge in [0.2, 0.25) is 0 Å². The number of nitrogens with one attached hydrogen (secondary N) is 1. The second-order valence-corrected chi connectivity index (χ2v) is 7.73. The van der Waals surface area contributed by atoms with Crippen LogP contribution in [0.3, 0.4) is 0 Å². The molecule has 0 aliphatic carbocycles. The number of aryl methyl sites for hydroxylation is 1. The van der Waals surface area contributed by atoms with Crippen LogP contribution in [0.5, 0.6) is 0 Å². The Bertz CT molecular complexity index is 432. The largest absolute Gasteiger partial charge is 0.598 e. The second-order valence-electron chi connectivity index (χ2n) is 6.40. The first kappa shape index (κ1) is 17.7. The average molecular weight is 324 g/mol. The van der Waals surface area contributed by atoms with Gasteiger partial charge >= 0.3 is 0 Å². The third-order valence-electron chi connectivity index (χ3n) is 4.43. The molecule has 1 aliphatic rings. The van der Waals surface area contributed by atoms with E-state index in [1.807, 2.05) is 13.1 Å². The summed E-state index contributed by atoms with van der Waals surface area (Å²) in [4.78, 5) is 6.96. The van der Waals surface area contributed by atoms with E-state index >= 15 is 0 Å². The number of pyridine rings is 1. The Balaban J connectivity index is 2.07. The number of piperidine rings is 1. The van der Waals surface area contributed by atoms with Crippen molar-refractivity contribution < 1.29 is 4.55 Å². The molecule has 0 radical (unpaired) electrons. The SMILES string of the molecule is CCCC[S@@+]([O-])NC(c1ccc(C)cn1)C1CCN(C)CC1. The molecule has 0 saturated carbocycles. The topological polar surface area (TPSA) is 51.2 Å². The maximum absolute atomic E-state index is 12.3. The fourth-order valence-corrected chi connectivity index (χ4v) is 4.16. The standard InChI is InChI=1S/C17H29N3OS/c1-4-5-12-22(21)19-17(15-8-10-20(3)11-9-15)16-7-6-14(2)13-18-16/h6-7,13,15,17,19H,4-5,8-12H2,1-3H3/t17?,22-/m1/s1. The lowest BCUT2D eigenvalue weighted by Crippen LogP contribution is -2.40. The Morgan fingerprint density at radius 1 is 1.41 bits per heavy atom. The van der Waals surface area contributed by atoms with E-state index in [-0.39, 0.29) is 6.04 Å². The average Bonchev–Trinajstić information content (AvgIpc) is 2.52. The van der Waals surface area contributed by atoms with Crippen molar-refractivity contribution in [1.82, 2.24) is 14.6 Å². The molecule has 1 unspecified atom stereocenters. The minimum atomic E-state index is -0.970. The molecular weight excluding hydrogens is 294 g/mol. The van der Waals surface area contributed by atoms with Crippen LogP contribution in [0.4, 0.5) is 0 Å². The van der Waals surface area contributed by atoms with Crippen LogP contribution in [0.1, 0.15) is 49.9 Å². The molecule has 0 amide bonds. The van der Waals surface area contributed by atoms with Gasteiger partial charge in [-0.1, -0.05) is 19.4 Å². The van der Waals surface area contributed by atoms with E-state index < -0.39 is 11.4 Å². The highest BCUT2D eigenvalue weighted by molar-refractivity contribution is 7.89. The predicted octanol–water partition coefficient (Wildman–Crippen LogP) is 2.83. The number of hydrogen-bond donors (Lipinski definition) is 1. The first-order valence-corrected chi connectivity index (χ1v) is 9.67. The zero-order valence-corrected chi connectivity index (χ0v) is 14.9. The summed E-state index contributed by atoms with van der Waals surface area (Å²) >= 11 is -0.970. The van der Waals surface area contributed by atoms with Gasteiger partial charge in [0.1, 0.15) is 5.75 Å². The van der Waals surface area contributed by atoms with Crippen molar-refractivity contribution in [2.24, 2.45) is 5.92 Å². The van der Waals surface area contributed by atoms with Crippen LogP contribution in [0, 0.1) is 12.8 Å². The van der Waals surface area contributed by atoms with E-state index in [9.17, 15) is 4.55 Å². The van der Waals surface area contributed by atoms with Gasteiger partial charge in [-0.25, -0.2) is 0 Å². The number of unbranched alkanes of at least 4 members (excludes halogenated alkanes) is 1. The molecule has 124 valence electrons. The van der Waals surface area contributed by atoms with Gasteiger partial charge in [-0.05, 0) is 63.9 Å². The summed E-state index contributed by atoms with van der Waals surface area (Å²) < 4.78 is 15.7. The fourth-order valence-electron chi connectivity index (χ4n) is 2.90. The van der Waals surface area contributed by atoms with Crippen LogP contribution in [-0.2, 0) is 11.4 Å². The summed E-state index contributed by atoms with van der Waals surface area (Å²) in [5, 5.41) is 0. The maximum Gasteiger partial charge on any atom is 0.125 e. The molecule has 5 heteroatoms. The van der Waals surface area contributed by atoms with Gasteiger partial charge in [0.05, 0.1) is 11.7 Å². The Labute approximate surface area is 138 Å². The smallest absolute Gasteiger partial charge is 0.125 e. The van der Waals surface area contributed by atoms with Gasteiger partial charge in [0.25, 0.3) is 0 Å². The number of nitrogens with zero attached hydrogens (tertiary/aromatic N) is 2. The summed E-state index contributed by atoms with van der Waals surface area (Å²) in [6.45, 7) is 6.40. The molecule has 2 heterocycles. The van der Waals surface area contributed by atoms with E-state index in [2.05, 4.69) is 40.7 Å². The highest BCUT2D eigenvalue weighted by Crippen LogP contribution is 2.30. The molecule has 1 fully saturated rings. The van der Waals surface area contributed by atoms with Crippen molar-refractivity contribution in [3.8, 4) is 0 Å². The first-order valence-electron chi connectivity index (χ1n) is 8.35. The third kappa shape index (κ3) is 5.23. The van der Waals surface area contributed by atoms with Crippen molar-refractivity contribution in [2.75, 3.05) is 25.9 Å². The van der Waals surface area contributed by atoms with Gasteiger partial charge in [0, 0.05) is 17.6 Å². The molecule has 0 aromatic carbocycles. The number of hydrogen-bond acceptors (Lipinski definition) is 4. The van der Waals surface area contributed by atoms with E-state index in [4.69, 9.17) is 0 Å². The zero-order chi connectivity index (χ0) is 15.9. The molecule has 1 aromatic heterocycles. The normalized spacial score (nSPS) is 20.0. The van der Waals surface area contributed by atoms with Crippen molar-refractivity contribution in [3.05, 3.63) is 29.6 Å². The minimum absolute atomic E-state index is 0.104. The van der Waals surface area contributed by atoms with Crippen molar-refractivity contribution in [1.29, 1.82) is 0 Å². The summed E-state index contributed by atoms with van der Waals surface area (Å²) in [6, 6.07) is 4.29. The summed E-state index contributed by atoms with van der Waals surface area (Å²) in [5.41, 5.74) is 2.20. The molecule has 0 bridgehead atoms. The van der Waals surface area contributed by atoms with Crippen LogP contribution >= 0.6 is 0 Å². The van der Waals surface area contributed by atoms with Gasteiger partial charge in [-0.15, -0.1) is 4.72 Å². The lowest BCUT2D eigenvalue weighted by atomic mass is 9.88. The van der Waals surface area contributed by atoms with Gasteiger partial charge in [-0.3, -0.25) is 4.98 Å². The molecule has 1 aliphatic heterocycles. The number of likely N-dealkylation sites (tertiary alicyclic amines) is 1. The van der Waals surface area contributed by atoms with Crippen molar-refractivity contribution in [2.45, 2.75) is 45.6 Å². The molecule has 1 saturated heterocycles. The van der Waals surface area contributed by atoms with Crippen LogP contribution in [0.2, 0.25) is 0 Å². The summed E-state index contributed by atoms with van der Waals surface area (Å²) in [6.07, 6.45) is 6.26. The summed E-state index contributed by atoms with van der Waals surface area (Å²) in [5.74, 6) is 1.24. The highest BCUT2D eigenvalue weighted by Gasteiger charge is 2.30. The predicted molar refractivity (Wildman–Crippen MR) is 93.0 cm³/mol. The molecular formula is C17H29N3OS. The quantitative estimate of drug-likeness (QED) is 0.784. The lowest BCUT2D eigenvalue weighted by molar-refractivity contribution is 0.192. The fraction of sp³-hybridized carbons (Fsp3) is 0.706. The Hall–Kier alpha value is -0.620. The number of aromatic nitrogens is 1. The second kappa shape index (κ2) is 8.87. The molecule has 0 spiro atoms. The molecule has 22 heavy (non-hydrogen) atoms. The molecule has 2 rings (SSSR count). The molecule has 2 atom stereocenters. The lowest BCUT2D eigenvalue weighted by Gasteiger charge is -2.34. The van der Waals surface area contributed by atoms with Gasteiger partial charge in [0.15, 0.2) is 0 Å². The molecule has 4 nitrogen and oxygen atoms in total. The minimum Gasteiger partial charge on any atom is -0.598 e. The maximum atomic E-state index is 12.3. The summed E-state index contributed by atoms with van der Waals surface area (Å²) in [7, 11) is 2.17. The van der Waals surface area contributed by atoms with E-state index in [1.54, 1.807) is 0 Å². The molecule has 1 aromatic rings. The van der Waals surface area contributed by atoms with Crippen LogP contribution in [-0.4, -0.2) is 40.3 Å². The monoisotopic (exact) mass is 323 g/mol. The van der Waals surface area contributed by atoms with Crippen molar-refractivity contribution >= 4 is 11.4 Å². The van der Waals surface area contributed by atoms with Crippen LogP contribution in [0.25, 0.3) is 0 Å². The third-order valence-corrected chi connectivity index (χ3v) is 5.61. The Morgan fingerprint density at radius 2 is 2.14 bits per heavy atom. The highest BCUT2D eigenvalue weighted by atomic mass is 32.2. The Kier molecular flexibility index (Phi) is 7.15. The van der Waals surface area contributed by atoms with E-state index in [0.717, 1.165) is 55.8 Å². The molecule has 1 N–H and O–H groups in total. The van der Waals surface area contributed by atoms with Gasteiger partial charge < -0.3 is 9.45 Å². The first-order chi connectivity index (χ1) is 10.6. The number of rotatable bonds is 7. The van der Waals surface area contributed by atoms with E-state index in [0.29, 0.717) is 5.92 Å².